The quantitative estimate of drug-likeness (QED) is 0.448. The minimum Gasteiger partial charge on any atom is -0.272 e. The number of anilines is 1. The maximum absolute atomic E-state index is 13.7. The summed E-state index contributed by atoms with van der Waals surface area (Å²) in [5.41, 5.74) is 6.50. The fourth-order valence-corrected chi connectivity index (χ4v) is 5.45. The second-order valence-corrected chi connectivity index (χ2v) is 10.6. The van der Waals surface area contributed by atoms with Crippen molar-refractivity contribution >= 4 is 33.2 Å². The number of thiophene rings is 1. The van der Waals surface area contributed by atoms with E-state index in [1.54, 1.807) is 15.9 Å². The Bertz CT molecular complexity index is 1150. The lowest BCUT2D eigenvalue weighted by atomic mass is 9.72. The number of benzene rings is 1. The summed E-state index contributed by atoms with van der Waals surface area (Å²) in [6, 6.07) is 10.0. The van der Waals surface area contributed by atoms with E-state index in [4.69, 9.17) is 4.98 Å². The van der Waals surface area contributed by atoms with Gasteiger partial charge in [0.2, 0.25) is 5.95 Å². The molecule has 4 rings (SSSR count). The Labute approximate surface area is 181 Å². The normalized spacial score (nSPS) is 16.4. The Balaban J connectivity index is 1.84. The number of aromatic nitrogens is 2. The Hall–Kier alpha value is -2.47. The summed E-state index contributed by atoms with van der Waals surface area (Å²) in [6.07, 6.45) is 3.12. The molecule has 0 fully saturated rings. The van der Waals surface area contributed by atoms with Gasteiger partial charge in [-0.25, -0.2) is 10.4 Å². The molecule has 1 aromatic carbocycles. The number of rotatable bonds is 4. The molecule has 0 saturated carbocycles. The Morgan fingerprint density at radius 1 is 1.27 bits per heavy atom. The second kappa shape index (κ2) is 7.99. The van der Waals surface area contributed by atoms with Gasteiger partial charge in [-0.1, -0.05) is 51.1 Å². The fraction of sp³-hybridized carbons (Fsp3) is 0.458. The zero-order valence-electron chi connectivity index (χ0n) is 18.5. The topological polar surface area (TPSA) is 59.3 Å². The van der Waals surface area contributed by atoms with Crippen molar-refractivity contribution in [2.45, 2.75) is 60.4 Å². The van der Waals surface area contributed by atoms with Crippen LogP contribution >= 0.6 is 11.3 Å². The highest BCUT2D eigenvalue weighted by Gasteiger charge is 2.32. The van der Waals surface area contributed by atoms with Crippen molar-refractivity contribution in [2.75, 3.05) is 5.43 Å². The van der Waals surface area contributed by atoms with Crippen LogP contribution in [0.5, 0.6) is 0 Å². The highest BCUT2D eigenvalue weighted by molar-refractivity contribution is 7.18. The maximum Gasteiger partial charge on any atom is 0.264 e. The minimum atomic E-state index is 0.0296. The van der Waals surface area contributed by atoms with E-state index in [1.807, 2.05) is 44.2 Å². The molecule has 2 aromatic heterocycles. The van der Waals surface area contributed by atoms with Gasteiger partial charge in [-0.15, -0.1) is 11.3 Å². The third-order valence-electron chi connectivity index (χ3n) is 5.96. The monoisotopic (exact) mass is 422 g/mol. The summed E-state index contributed by atoms with van der Waals surface area (Å²) in [7, 11) is 0. The molecule has 1 atom stereocenters. The molecule has 0 spiro atoms. The molecule has 1 aliphatic carbocycles. The lowest BCUT2D eigenvalue weighted by Crippen LogP contribution is -2.28. The summed E-state index contributed by atoms with van der Waals surface area (Å²) < 4.78 is 1.73. The van der Waals surface area contributed by atoms with Crippen molar-refractivity contribution in [2.24, 2.45) is 16.4 Å². The van der Waals surface area contributed by atoms with E-state index in [1.165, 1.54) is 10.4 Å². The van der Waals surface area contributed by atoms with E-state index < -0.39 is 0 Å². The van der Waals surface area contributed by atoms with Crippen LogP contribution in [0.1, 0.15) is 57.0 Å². The van der Waals surface area contributed by atoms with Gasteiger partial charge >= 0.3 is 0 Å². The van der Waals surface area contributed by atoms with Crippen molar-refractivity contribution in [1.29, 1.82) is 0 Å². The van der Waals surface area contributed by atoms with Gasteiger partial charge in [-0.2, -0.15) is 5.10 Å². The zero-order chi connectivity index (χ0) is 21.5. The van der Waals surface area contributed by atoms with Crippen molar-refractivity contribution in [3.05, 3.63) is 56.7 Å². The zero-order valence-corrected chi connectivity index (χ0v) is 19.3. The molecule has 0 unspecified atom stereocenters. The van der Waals surface area contributed by atoms with Crippen LogP contribution in [-0.4, -0.2) is 15.3 Å². The first-order chi connectivity index (χ1) is 14.2. The van der Waals surface area contributed by atoms with E-state index in [0.29, 0.717) is 18.4 Å². The molecule has 30 heavy (non-hydrogen) atoms. The first-order valence-corrected chi connectivity index (χ1v) is 11.4. The first kappa shape index (κ1) is 20.8. The van der Waals surface area contributed by atoms with Crippen LogP contribution in [0.4, 0.5) is 5.95 Å². The van der Waals surface area contributed by atoms with Gasteiger partial charge < -0.3 is 0 Å². The molecule has 0 bridgehead atoms. The summed E-state index contributed by atoms with van der Waals surface area (Å²) in [6.45, 7) is 11.2. The van der Waals surface area contributed by atoms with Gasteiger partial charge in [0.05, 0.1) is 11.9 Å². The average molecular weight is 423 g/mol. The molecule has 2 heterocycles. The van der Waals surface area contributed by atoms with Gasteiger partial charge in [0.15, 0.2) is 0 Å². The molecule has 0 radical (unpaired) electrons. The number of aryl methyl sites for hydroxylation is 1. The fourth-order valence-electron chi connectivity index (χ4n) is 4.16. The number of nitrogens with zero attached hydrogens (tertiary/aromatic N) is 3. The van der Waals surface area contributed by atoms with Crippen LogP contribution < -0.4 is 11.0 Å². The number of hydrogen-bond acceptors (Lipinski definition) is 5. The van der Waals surface area contributed by atoms with Crippen molar-refractivity contribution in [1.82, 2.24) is 9.55 Å². The van der Waals surface area contributed by atoms with Crippen LogP contribution in [0.25, 0.3) is 10.2 Å². The maximum atomic E-state index is 13.7. The van der Waals surface area contributed by atoms with Crippen LogP contribution in [0, 0.1) is 11.3 Å². The molecule has 158 valence electrons. The Kier molecular flexibility index (Phi) is 5.53. The molecule has 0 aliphatic heterocycles. The van der Waals surface area contributed by atoms with Gasteiger partial charge in [0.25, 0.3) is 5.56 Å². The number of fused-ring (bicyclic) bond motifs is 3. The number of hydrogen-bond donors (Lipinski definition) is 1. The molecule has 5 nitrogen and oxygen atoms in total. The van der Waals surface area contributed by atoms with Crippen LogP contribution in [0.2, 0.25) is 0 Å². The third-order valence-corrected chi connectivity index (χ3v) is 7.10. The third kappa shape index (κ3) is 4.06. The molecule has 1 N–H and O–H groups in total. The Morgan fingerprint density at radius 2 is 2.00 bits per heavy atom. The van der Waals surface area contributed by atoms with Crippen LogP contribution in [-0.2, 0) is 19.4 Å². The van der Waals surface area contributed by atoms with Crippen LogP contribution in [0.15, 0.2) is 40.2 Å². The first-order valence-electron chi connectivity index (χ1n) is 10.6. The molecule has 3 aromatic rings. The van der Waals surface area contributed by atoms with E-state index in [-0.39, 0.29) is 11.0 Å². The van der Waals surface area contributed by atoms with E-state index >= 15 is 0 Å². The van der Waals surface area contributed by atoms with Crippen molar-refractivity contribution in [3.8, 4) is 0 Å². The second-order valence-electron chi connectivity index (χ2n) is 9.47. The summed E-state index contributed by atoms with van der Waals surface area (Å²) in [5.74, 6) is 1.14. The highest BCUT2D eigenvalue weighted by atomic mass is 32.1. The molecular weight excluding hydrogens is 392 g/mol. The van der Waals surface area contributed by atoms with Gasteiger partial charge in [-0.3, -0.25) is 9.36 Å². The highest BCUT2D eigenvalue weighted by Crippen LogP contribution is 2.42. The average Bonchev–Trinajstić information content (AvgIpc) is 3.06. The largest absolute Gasteiger partial charge is 0.272 e. The van der Waals surface area contributed by atoms with Crippen LogP contribution in [0.3, 0.4) is 0 Å². The number of hydrazone groups is 1. The molecule has 0 amide bonds. The lowest BCUT2D eigenvalue weighted by Gasteiger charge is -2.33. The van der Waals surface area contributed by atoms with Gasteiger partial charge in [0.1, 0.15) is 4.83 Å². The molecule has 1 aliphatic rings. The van der Waals surface area contributed by atoms with Gasteiger partial charge in [0, 0.05) is 10.6 Å². The van der Waals surface area contributed by atoms with Gasteiger partial charge in [-0.05, 0) is 55.6 Å². The summed E-state index contributed by atoms with van der Waals surface area (Å²) in [5, 5.41) is 5.13. The smallest absolute Gasteiger partial charge is 0.264 e. The Morgan fingerprint density at radius 3 is 2.67 bits per heavy atom. The summed E-state index contributed by atoms with van der Waals surface area (Å²) in [4.78, 5) is 20.7. The summed E-state index contributed by atoms with van der Waals surface area (Å²) >= 11 is 1.68. The lowest BCUT2D eigenvalue weighted by molar-refractivity contribution is 0.218. The molecule has 6 heteroatoms. The van der Waals surface area contributed by atoms with Crippen molar-refractivity contribution in [3.63, 3.8) is 0 Å². The number of nitrogens with one attached hydrogen (secondary N) is 1. The standard InChI is InChI=1S/C24H30N4OS/c1-15(2)26-27-23-25-21-20(22(29)28(23)14-16-9-7-6-8-10-16)18-12-11-17(24(3,4)5)13-19(18)30-21/h6-10,17H,11-14H2,1-5H3,(H,25,27)/t17-/m0/s1. The van der Waals surface area contributed by atoms with E-state index in [2.05, 4.69) is 31.3 Å². The van der Waals surface area contributed by atoms with Crippen molar-refractivity contribution < 1.29 is 0 Å². The SMILES string of the molecule is CC(C)=NNc1nc2sc3c(c2c(=O)n1Cc1ccccc1)CC[C@H](C(C)(C)C)C3. The van der Waals surface area contributed by atoms with E-state index in [0.717, 1.165) is 40.8 Å². The van der Waals surface area contributed by atoms with E-state index in [9.17, 15) is 4.79 Å². The minimum absolute atomic E-state index is 0.0296. The molecule has 0 saturated heterocycles. The predicted octanol–water partition coefficient (Wildman–Crippen LogP) is 5.47. The molecular formula is C24H30N4OS. The predicted molar refractivity (Wildman–Crippen MR) is 127 cm³/mol.